The number of methoxy groups -OCH3 is 1. The molecule has 8 nitrogen and oxygen atoms in total. The summed E-state index contributed by atoms with van der Waals surface area (Å²) >= 11 is 0. The number of benzene rings is 2. The molecule has 1 N–H and O–H groups in total. The van der Waals surface area contributed by atoms with Crippen molar-refractivity contribution >= 4 is 27.3 Å². The van der Waals surface area contributed by atoms with Crippen LogP contribution in [0.2, 0.25) is 0 Å². The first-order chi connectivity index (χ1) is 15.7. The molecular weight excluding hydrogens is 440 g/mol. The molecule has 9 heteroatoms. The Bertz CT molecular complexity index is 1050. The summed E-state index contributed by atoms with van der Waals surface area (Å²) in [7, 11) is 1.58. The molecule has 2 aromatic carbocycles. The Labute approximate surface area is 197 Å². The first-order valence-corrected chi connectivity index (χ1v) is 12.6. The maximum absolute atomic E-state index is 12.7. The molecule has 1 heterocycles. The van der Waals surface area contributed by atoms with E-state index in [0.29, 0.717) is 12.2 Å². The third kappa shape index (κ3) is 6.46. The van der Waals surface area contributed by atoms with Gasteiger partial charge >= 0.3 is 0 Å². The first kappa shape index (κ1) is 25.0. The van der Waals surface area contributed by atoms with E-state index in [4.69, 9.17) is 4.74 Å². The second-order valence-corrected chi connectivity index (χ2v) is 10.5. The average Bonchev–Trinajstić information content (AvgIpc) is 2.81. The standard InChI is InChI=1S/C24H34N4O4S/c1-19-18-20(28-16-14-26(2)15-17-28)7-12-23(19)25-24(29)6-5-13-27(3)33(30,31)22-10-8-21(32-4)9-11-22/h7-12,18H,5-6,13-17H2,1-4H3,(H,25,29). The van der Waals surface area contributed by atoms with Crippen molar-refractivity contribution in [3.8, 4) is 5.75 Å². The lowest BCUT2D eigenvalue weighted by Crippen LogP contribution is -2.44. The van der Waals surface area contributed by atoms with Gasteiger partial charge in [-0.15, -0.1) is 0 Å². The van der Waals surface area contributed by atoms with Crippen molar-refractivity contribution in [3.63, 3.8) is 0 Å². The molecule has 180 valence electrons. The van der Waals surface area contributed by atoms with Gasteiger partial charge in [-0.1, -0.05) is 0 Å². The summed E-state index contributed by atoms with van der Waals surface area (Å²) in [6.45, 7) is 6.32. The van der Waals surface area contributed by atoms with Crippen molar-refractivity contribution in [2.45, 2.75) is 24.7 Å². The molecule has 1 saturated heterocycles. The van der Waals surface area contributed by atoms with Crippen LogP contribution < -0.4 is 15.0 Å². The number of sulfonamides is 1. The first-order valence-electron chi connectivity index (χ1n) is 11.1. The molecule has 0 radical (unpaired) electrons. The van der Waals surface area contributed by atoms with Crippen LogP contribution in [-0.4, -0.2) is 77.5 Å². The molecule has 33 heavy (non-hydrogen) atoms. The summed E-state index contributed by atoms with van der Waals surface area (Å²) in [4.78, 5) is 17.3. The summed E-state index contributed by atoms with van der Waals surface area (Å²) in [6, 6.07) is 12.4. The smallest absolute Gasteiger partial charge is 0.242 e. The second kappa shape index (κ2) is 11.0. The van der Waals surface area contributed by atoms with Crippen LogP contribution in [-0.2, 0) is 14.8 Å². The number of anilines is 2. The second-order valence-electron chi connectivity index (χ2n) is 8.44. The van der Waals surface area contributed by atoms with Gasteiger partial charge in [-0.25, -0.2) is 12.7 Å². The fourth-order valence-corrected chi connectivity index (χ4v) is 4.98. The van der Waals surface area contributed by atoms with Gasteiger partial charge in [0.1, 0.15) is 5.75 Å². The van der Waals surface area contributed by atoms with Crippen molar-refractivity contribution in [2.75, 3.05) is 64.1 Å². The SMILES string of the molecule is COc1ccc(S(=O)(=O)N(C)CCCC(=O)Nc2ccc(N3CCN(C)CC3)cc2C)cc1. The predicted octanol–water partition coefficient (Wildman–Crippen LogP) is 2.79. The van der Waals surface area contributed by atoms with E-state index in [0.717, 1.165) is 37.4 Å². The van der Waals surface area contributed by atoms with E-state index in [2.05, 4.69) is 28.2 Å². The van der Waals surface area contributed by atoms with E-state index in [1.807, 2.05) is 19.1 Å². The molecule has 0 bridgehead atoms. The van der Waals surface area contributed by atoms with Crippen LogP contribution in [0.1, 0.15) is 18.4 Å². The van der Waals surface area contributed by atoms with E-state index in [1.165, 1.54) is 36.3 Å². The third-order valence-electron chi connectivity index (χ3n) is 6.00. The number of hydrogen-bond donors (Lipinski definition) is 1. The van der Waals surface area contributed by atoms with Crippen LogP contribution in [0.15, 0.2) is 47.4 Å². The number of likely N-dealkylation sites (N-methyl/N-ethyl adjacent to an activating group) is 1. The minimum atomic E-state index is -3.61. The average molecular weight is 475 g/mol. The number of hydrogen-bond acceptors (Lipinski definition) is 6. The molecule has 0 saturated carbocycles. The van der Waals surface area contributed by atoms with Crippen LogP contribution >= 0.6 is 0 Å². The van der Waals surface area contributed by atoms with E-state index in [1.54, 1.807) is 12.1 Å². The highest BCUT2D eigenvalue weighted by Crippen LogP contribution is 2.24. The number of nitrogens with zero attached hydrogens (tertiary/aromatic N) is 3. The summed E-state index contributed by atoms with van der Waals surface area (Å²) in [5, 5.41) is 2.96. The lowest BCUT2D eigenvalue weighted by atomic mass is 10.1. The topological polar surface area (TPSA) is 82.2 Å². The van der Waals surface area contributed by atoms with Crippen molar-refractivity contribution in [1.29, 1.82) is 0 Å². The van der Waals surface area contributed by atoms with E-state index in [9.17, 15) is 13.2 Å². The minimum Gasteiger partial charge on any atom is -0.497 e. The van der Waals surface area contributed by atoms with Gasteiger partial charge in [-0.3, -0.25) is 4.79 Å². The van der Waals surface area contributed by atoms with Crippen LogP contribution in [0.3, 0.4) is 0 Å². The third-order valence-corrected chi connectivity index (χ3v) is 7.87. The molecule has 2 aromatic rings. The summed E-state index contributed by atoms with van der Waals surface area (Å²) in [5.41, 5.74) is 2.97. The Morgan fingerprint density at radius 2 is 1.76 bits per heavy atom. The zero-order chi connectivity index (χ0) is 24.0. The number of piperazine rings is 1. The maximum Gasteiger partial charge on any atom is 0.242 e. The van der Waals surface area contributed by atoms with Crippen molar-refractivity contribution in [3.05, 3.63) is 48.0 Å². The molecular formula is C24H34N4O4S. The summed E-state index contributed by atoms with van der Waals surface area (Å²) in [5.74, 6) is 0.473. The van der Waals surface area contributed by atoms with Crippen LogP contribution in [0.5, 0.6) is 5.75 Å². The van der Waals surface area contributed by atoms with Crippen molar-refractivity contribution < 1.29 is 17.9 Å². The van der Waals surface area contributed by atoms with Gasteiger partial charge in [0.15, 0.2) is 0 Å². The number of carbonyl (C=O) groups is 1. The van der Waals surface area contributed by atoms with Gasteiger partial charge in [-0.2, -0.15) is 0 Å². The Kier molecular flexibility index (Phi) is 8.34. The maximum atomic E-state index is 12.7. The molecule has 3 rings (SSSR count). The fraction of sp³-hybridized carbons (Fsp3) is 0.458. The summed E-state index contributed by atoms with van der Waals surface area (Å²) in [6.07, 6.45) is 0.665. The largest absolute Gasteiger partial charge is 0.497 e. The highest BCUT2D eigenvalue weighted by atomic mass is 32.2. The van der Waals surface area contributed by atoms with Crippen LogP contribution in [0.25, 0.3) is 0 Å². The molecule has 1 amide bonds. The molecule has 0 aromatic heterocycles. The number of rotatable bonds is 9. The Morgan fingerprint density at radius 3 is 2.36 bits per heavy atom. The molecule has 0 atom stereocenters. The van der Waals surface area contributed by atoms with Gasteiger partial charge < -0.3 is 19.9 Å². The Morgan fingerprint density at radius 1 is 1.09 bits per heavy atom. The Balaban J connectivity index is 1.49. The lowest BCUT2D eigenvalue weighted by molar-refractivity contribution is -0.116. The van der Waals surface area contributed by atoms with Gasteiger partial charge in [0.2, 0.25) is 15.9 Å². The number of ether oxygens (including phenoxy) is 1. The van der Waals surface area contributed by atoms with Crippen molar-refractivity contribution in [2.24, 2.45) is 0 Å². The fourth-order valence-electron chi connectivity index (χ4n) is 3.77. The molecule has 0 spiro atoms. The van der Waals surface area contributed by atoms with Crippen LogP contribution in [0.4, 0.5) is 11.4 Å². The quantitative estimate of drug-likeness (QED) is 0.602. The van der Waals surface area contributed by atoms with Crippen LogP contribution in [0, 0.1) is 6.92 Å². The van der Waals surface area contributed by atoms with Gasteiger partial charge in [0.05, 0.1) is 12.0 Å². The van der Waals surface area contributed by atoms with Gasteiger partial charge in [0, 0.05) is 57.6 Å². The predicted molar refractivity (Wildman–Crippen MR) is 132 cm³/mol. The van der Waals surface area contributed by atoms with Crippen molar-refractivity contribution in [1.82, 2.24) is 9.21 Å². The highest BCUT2D eigenvalue weighted by Gasteiger charge is 2.21. The molecule has 0 unspecified atom stereocenters. The zero-order valence-corrected chi connectivity index (χ0v) is 20.7. The number of amides is 1. The number of nitrogens with one attached hydrogen (secondary N) is 1. The van der Waals surface area contributed by atoms with E-state index < -0.39 is 10.0 Å². The van der Waals surface area contributed by atoms with Gasteiger partial charge in [-0.05, 0) is 68.4 Å². The summed E-state index contributed by atoms with van der Waals surface area (Å²) < 4.78 is 31.8. The van der Waals surface area contributed by atoms with Gasteiger partial charge in [0.25, 0.3) is 0 Å². The molecule has 1 fully saturated rings. The molecule has 0 aliphatic carbocycles. The molecule has 1 aliphatic rings. The minimum absolute atomic E-state index is 0.124. The zero-order valence-electron chi connectivity index (χ0n) is 19.9. The number of aryl methyl sites for hydroxylation is 1. The number of carbonyl (C=O) groups excluding carboxylic acids is 1. The lowest BCUT2D eigenvalue weighted by Gasteiger charge is -2.34. The normalized spacial score (nSPS) is 15.0. The monoisotopic (exact) mass is 474 g/mol. The highest BCUT2D eigenvalue weighted by molar-refractivity contribution is 7.89. The Hall–Kier alpha value is -2.62. The molecule has 1 aliphatic heterocycles. The van der Waals surface area contributed by atoms with E-state index in [-0.39, 0.29) is 23.8 Å². The van der Waals surface area contributed by atoms with E-state index >= 15 is 0 Å².